The lowest BCUT2D eigenvalue weighted by molar-refractivity contribution is -0.132. The van der Waals surface area contributed by atoms with Gasteiger partial charge in [-0.25, -0.2) is 4.39 Å². The molecular formula is C19H26BrFN2O. The lowest BCUT2D eigenvalue weighted by Crippen LogP contribution is -2.35. The number of hydrogen-bond donors (Lipinski definition) is 1. The molecule has 0 bridgehead atoms. The molecule has 132 valence electrons. The summed E-state index contributed by atoms with van der Waals surface area (Å²) in [6, 6.07) is 4.82. The number of rotatable bonds is 7. The Morgan fingerprint density at radius 3 is 2.88 bits per heavy atom. The topological polar surface area (TPSA) is 32.3 Å². The third kappa shape index (κ3) is 5.42. The summed E-state index contributed by atoms with van der Waals surface area (Å²) in [7, 11) is 0. The first kappa shape index (κ1) is 19.1. The summed E-state index contributed by atoms with van der Waals surface area (Å²) in [5.74, 6) is 0.717. The van der Waals surface area contributed by atoms with E-state index in [0.717, 1.165) is 30.4 Å². The fraction of sp³-hybridized carbons (Fsp3) is 0.526. The van der Waals surface area contributed by atoms with Gasteiger partial charge in [-0.05, 0) is 56.0 Å². The highest BCUT2D eigenvalue weighted by atomic mass is 79.9. The Labute approximate surface area is 152 Å². The highest BCUT2D eigenvalue weighted by Crippen LogP contribution is 2.25. The zero-order chi connectivity index (χ0) is 17.5. The number of hydrogen-bond acceptors (Lipinski definition) is 2. The van der Waals surface area contributed by atoms with E-state index in [9.17, 15) is 9.18 Å². The minimum atomic E-state index is -0.286. The Kier molecular flexibility index (Phi) is 7.43. The second-order valence-electron chi connectivity index (χ2n) is 6.57. The van der Waals surface area contributed by atoms with Crippen molar-refractivity contribution in [2.24, 2.45) is 11.8 Å². The van der Waals surface area contributed by atoms with Crippen LogP contribution in [0.25, 0.3) is 0 Å². The molecule has 24 heavy (non-hydrogen) atoms. The number of piperidine rings is 1. The van der Waals surface area contributed by atoms with Gasteiger partial charge in [-0.15, -0.1) is 6.58 Å². The standard InChI is InChI=1S/C19H26BrFN2O/c1-3-10-23(13-16-12-17(20)4-5-18(16)21)19(24)11-14(2)15-6-8-22-9-7-15/h3-5,12,14-15,22H,1,6-11,13H2,2H3. The molecule has 2 rings (SSSR count). The third-order valence-corrected chi connectivity index (χ3v) is 5.25. The average molecular weight is 397 g/mol. The zero-order valence-electron chi connectivity index (χ0n) is 14.2. The Morgan fingerprint density at radius 1 is 1.50 bits per heavy atom. The van der Waals surface area contributed by atoms with Gasteiger partial charge >= 0.3 is 0 Å². The Bertz CT molecular complexity index is 572. The molecule has 1 amide bonds. The van der Waals surface area contributed by atoms with Crippen LogP contribution in [0.1, 0.15) is 31.7 Å². The number of amides is 1. The molecule has 0 aromatic heterocycles. The quantitative estimate of drug-likeness (QED) is 0.702. The van der Waals surface area contributed by atoms with E-state index >= 15 is 0 Å². The number of nitrogens with zero attached hydrogens (tertiary/aromatic N) is 1. The molecule has 1 N–H and O–H groups in total. The van der Waals surface area contributed by atoms with E-state index in [0.29, 0.717) is 30.4 Å². The maximum Gasteiger partial charge on any atom is 0.223 e. The number of carbonyl (C=O) groups excluding carboxylic acids is 1. The van der Waals surface area contributed by atoms with E-state index in [1.807, 2.05) is 0 Å². The van der Waals surface area contributed by atoms with E-state index in [1.165, 1.54) is 6.07 Å². The predicted molar refractivity (Wildman–Crippen MR) is 99.1 cm³/mol. The van der Waals surface area contributed by atoms with Crippen molar-refractivity contribution in [1.82, 2.24) is 10.2 Å². The maximum atomic E-state index is 14.0. The van der Waals surface area contributed by atoms with Crippen LogP contribution >= 0.6 is 15.9 Å². The molecule has 0 spiro atoms. The predicted octanol–water partition coefficient (Wildman–Crippen LogP) is 4.13. The first-order chi connectivity index (χ1) is 11.5. The van der Waals surface area contributed by atoms with Crippen molar-refractivity contribution in [2.45, 2.75) is 32.7 Å². The van der Waals surface area contributed by atoms with Crippen molar-refractivity contribution in [3.63, 3.8) is 0 Å². The maximum absolute atomic E-state index is 14.0. The molecule has 1 aromatic carbocycles. The van der Waals surface area contributed by atoms with Crippen LogP contribution in [-0.2, 0) is 11.3 Å². The zero-order valence-corrected chi connectivity index (χ0v) is 15.8. The molecule has 1 aliphatic rings. The van der Waals surface area contributed by atoms with Crippen LogP contribution in [0.4, 0.5) is 4.39 Å². The average Bonchev–Trinajstić information content (AvgIpc) is 2.58. The van der Waals surface area contributed by atoms with Gasteiger partial charge in [-0.1, -0.05) is 28.9 Å². The van der Waals surface area contributed by atoms with E-state index in [4.69, 9.17) is 0 Å². The van der Waals surface area contributed by atoms with Gasteiger partial charge in [-0.2, -0.15) is 0 Å². The van der Waals surface area contributed by atoms with Crippen LogP contribution in [0.5, 0.6) is 0 Å². The van der Waals surface area contributed by atoms with Gasteiger partial charge in [0.25, 0.3) is 0 Å². The summed E-state index contributed by atoms with van der Waals surface area (Å²) >= 11 is 3.36. The molecule has 1 saturated heterocycles. The number of benzene rings is 1. The lowest BCUT2D eigenvalue weighted by Gasteiger charge is -2.30. The van der Waals surface area contributed by atoms with Crippen molar-refractivity contribution in [3.05, 3.63) is 46.7 Å². The van der Waals surface area contributed by atoms with Gasteiger partial charge in [0, 0.05) is 29.5 Å². The van der Waals surface area contributed by atoms with E-state index < -0.39 is 0 Å². The van der Waals surface area contributed by atoms with E-state index in [1.54, 1.807) is 23.1 Å². The monoisotopic (exact) mass is 396 g/mol. The highest BCUT2D eigenvalue weighted by Gasteiger charge is 2.24. The molecule has 1 aromatic rings. The summed E-state index contributed by atoms with van der Waals surface area (Å²) < 4.78 is 14.8. The molecule has 0 radical (unpaired) electrons. The normalized spacial score (nSPS) is 16.6. The van der Waals surface area contributed by atoms with Gasteiger partial charge in [0.15, 0.2) is 0 Å². The van der Waals surface area contributed by atoms with Gasteiger partial charge in [0.1, 0.15) is 5.82 Å². The number of carbonyl (C=O) groups is 1. The molecule has 3 nitrogen and oxygen atoms in total. The van der Waals surface area contributed by atoms with Crippen LogP contribution < -0.4 is 5.32 Å². The highest BCUT2D eigenvalue weighted by molar-refractivity contribution is 9.10. The first-order valence-electron chi connectivity index (χ1n) is 8.54. The number of nitrogens with one attached hydrogen (secondary N) is 1. The Morgan fingerprint density at radius 2 is 2.21 bits per heavy atom. The number of halogens is 2. The molecule has 0 saturated carbocycles. The summed E-state index contributed by atoms with van der Waals surface area (Å²) in [5, 5.41) is 3.36. The first-order valence-corrected chi connectivity index (χ1v) is 9.34. The fourth-order valence-corrected chi connectivity index (χ4v) is 3.67. The van der Waals surface area contributed by atoms with Crippen LogP contribution in [0.3, 0.4) is 0 Å². The van der Waals surface area contributed by atoms with Crippen molar-refractivity contribution in [2.75, 3.05) is 19.6 Å². The van der Waals surface area contributed by atoms with Crippen LogP contribution in [0.15, 0.2) is 35.3 Å². The summed E-state index contributed by atoms with van der Waals surface area (Å²) in [6.07, 6.45) is 4.45. The SMILES string of the molecule is C=CCN(Cc1cc(Br)ccc1F)C(=O)CC(C)C1CCNCC1. The summed E-state index contributed by atoms with van der Waals surface area (Å²) in [4.78, 5) is 14.4. The molecule has 1 atom stereocenters. The van der Waals surface area contributed by atoms with Crippen molar-refractivity contribution in [1.29, 1.82) is 0 Å². The second kappa shape index (κ2) is 9.33. The second-order valence-corrected chi connectivity index (χ2v) is 7.48. The molecular weight excluding hydrogens is 371 g/mol. The molecule has 0 aliphatic carbocycles. The van der Waals surface area contributed by atoms with Gasteiger partial charge < -0.3 is 10.2 Å². The third-order valence-electron chi connectivity index (χ3n) is 4.76. The molecule has 1 fully saturated rings. The largest absolute Gasteiger partial charge is 0.335 e. The van der Waals surface area contributed by atoms with Crippen molar-refractivity contribution < 1.29 is 9.18 Å². The van der Waals surface area contributed by atoms with Crippen LogP contribution in [0, 0.1) is 17.7 Å². The van der Waals surface area contributed by atoms with Gasteiger partial charge in [0.2, 0.25) is 5.91 Å². The summed E-state index contributed by atoms with van der Waals surface area (Å²) in [5.41, 5.74) is 0.522. The van der Waals surface area contributed by atoms with Crippen LogP contribution in [-0.4, -0.2) is 30.4 Å². The minimum absolute atomic E-state index is 0.0697. The smallest absolute Gasteiger partial charge is 0.223 e. The van der Waals surface area contributed by atoms with E-state index in [2.05, 4.69) is 34.7 Å². The molecule has 1 heterocycles. The van der Waals surface area contributed by atoms with Gasteiger partial charge in [-0.3, -0.25) is 4.79 Å². The van der Waals surface area contributed by atoms with Crippen LogP contribution in [0.2, 0.25) is 0 Å². The fourth-order valence-electron chi connectivity index (χ4n) is 3.26. The minimum Gasteiger partial charge on any atom is -0.335 e. The summed E-state index contributed by atoms with van der Waals surface area (Å²) in [6.45, 7) is 8.65. The molecule has 1 unspecified atom stereocenters. The molecule has 1 aliphatic heterocycles. The lowest BCUT2D eigenvalue weighted by atomic mass is 9.84. The van der Waals surface area contributed by atoms with Crippen molar-refractivity contribution in [3.8, 4) is 0 Å². The Balaban J connectivity index is 2.01. The van der Waals surface area contributed by atoms with Gasteiger partial charge in [0.05, 0.1) is 0 Å². The van der Waals surface area contributed by atoms with E-state index in [-0.39, 0.29) is 18.3 Å². The molecule has 5 heteroatoms. The van der Waals surface area contributed by atoms with Crippen molar-refractivity contribution >= 4 is 21.8 Å². The Hall–Kier alpha value is -1.20.